The lowest BCUT2D eigenvalue weighted by Gasteiger charge is -2.34. The summed E-state index contributed by atoms with van der Waals surface area (Å²) in [4.78, 5) is 19.2. The van der Waals surface area contributed by atoms with E-state index in [0.29, 0.717) is 26.2 Å². The number of nitrogens with one attached hydrogen (secondary N) is 1. The minimum atomic E-state index is -3.12. The molecule has 0 aromatic carbocycles. The van der Waals surface area contributed by atoms with E-state index >= 15 is 0 Å². The average molecular weight is 307 g/mol. The Morgan fingerprint density at radius 3 is 2.20 bits per heavy atom. The van der Waals surface area contributed by atoms with Crippen LogP contribution in [-0.4, -0.2) is 69.9 Å². The lowest BCUT2D eigenvalue weighted by molar-refractivity contribution is -0.206. The van der Waals surface area contributed by atoms with Crippen molar-refractivity contribution < 1.29 is 18.0 Å². The third-order valence-corrected chi connectivity index (χ3v) is 3.68. The molecule has 7 nitrogen and oxygen atoms in total. The second kappa shape index (κ2) is 6.84. The van der Waals surface area contributed by atoms with Crippen molar-refractivity contribution in [2.24, 2.45) is 5.41 Å². The molecule has 8 heteroatoms. The lowest BCUT2D eigenvalue weighted by atomic mass is 9.98. The average Bonchev–Trinajstić information content (AvgIpc) is 2.28. The predicted octanol–water partition coefficient (Wildman–Crippen LogP) is -0.342. The van der Waals surface area contributed by atoms with Crippen molar-refractivity contribution in [3.8, 4) is 0 Å². The highest BCUT2D eigenvalue weighted by molar-refractivity contribution is 7.88. The number of nitrogens with zero attached hydrogens (tertiary/aromatic N) is 2. The van der Waals surface area contributed by atoms with Gasteiger partial charge in [0.15, 0.2) is 0 Å². The van der Waals surface area contributed by atoms with Crippen molar-refractivity contribution in [1.29, 1.82) is 0 Å². The lowest BCUT2D eigenvalue weighted by Crippen LogP contribution is -2.49. The summed E-state index contributed by atoms with van der Waals surface area (Å²) in [5.74, 6) is -0.232. The molecule has 0 aliphatic carbocycles. The molecule has 0 atom stereocenters. The molecule has 0 aromatic rings. The second-order valence-corrected chi connectivity index (χ2v) is 7.90. The summed E-state index contributed by atoms with van der Waals surface area (Å²) >= 11 is 0. The molecule has 1 N–H and O–H groups in total. The van der Waals surface area contributed by atoms with E-state index in [2.05, 4.69) is 9.62 Å². The van der Waals surface area contributed by atoms with Crippen LogP contribution in [0.25, 0.3) is 0 Å². The first-order chi connectivity index (χ1) is 9.08. The van der Waals surface area contributed by atoms with Crippen LogP contribution in [-0.2, 0) is 19.7 Å². The fourth-order valence-corrected chi connectivity index (χ4v) is 2.15. The van der Waals surface area contributed by atoms with Crippen LogP contribution in [0.1, 0.15) is 20.8 Å². The fourth-order valence-electron chi connectivity index (χ4n) is 1.69. The number of sulfonamides is 1. The van der Waals surface area contributed by atoms with Gasteiger partial charge >= 0.3 is 5.97 Å². The summed E-state index contributed by atoms with van der Waals surface area (Å²) in [6, 6.07) is 0. The van der Waals surface area contributed by atoms with Crippen LogP contribution < -0.4 is 4.72 Å². The zero-order valence-corrected chi connectivity index (χ0v) is 13.5. The van der Waals surface area contributed by atoms with Crippen LogP contribution in [0.5, 0.6) is 0 Å². The molecule has 0 bridgehead atoms. The van der Waals surface area contributed by atoms with Gasteiger partial charge in [-0.25, -0.2) is 17.9 Å². The number of hydrogen-bond acceptors (Lipinski definition) is 6. The summed E-state index contributed by atoms with van der Waals surface area (Å²) in [6.45, 7) is 9.31. The Kier molecular flexibility index (Phi) is 5.93. The molecule has 0 aromatic heterocycles. The van der Waals surface area contributed by atoms with Crippen molar-refractivity contribution in [2.45, 2.75) is 20.8 Å². The van der Waals surface area contributed by atoms with E-state index in [1.165, 1.54) is 0 Å². The number of piperazine rings is 1. The van der Waals surface area contributed by atoms with E-state index < -0.39 is 15.4 Å². The quantitative estimate of drug-likeness (QED) is 0.748. The zero-order chi connectivity index (χ0) is 15.4. The van der Waals surface area contributed by atoms with Crippen LogP contribution in [0.4, 0.5) is 0 Å². The highest BCUT2D eigenvalue weighted by atomic mass is 32.2. The Hall–Kier alpha value is -0.700. The van der Waals surface area contributed by atoms with Crippen molar-refractivity contribution in [2.75, 3.05) is 45.5 Å². The molecule has 0 amide bonds. The van der Waals surface area contributed by atoms with E-state index in [4.69, 9.17) is 4.84 Å². The van der Waals surface area contributed by atoms with Gasteiger partial charge in [-0.05, 0) is 20.8 Å². The molecular formula is C12H25N3O4S. The van der Waals surface area contributed by atoms with E-state index in [9.17, 15) is 13.2 Å². The Balaban J connectivity index is 2.25. The minimum absolute atomic E-state index is 0.232. The molecule has 0 unspecified atom stereocenters. The number of rotatable bonds is 5. The zero-order valence-electron chi connectivity index (χ0n) is 12.7. The topological polar surface area (TPSA) is 79.0 Å². The smallest absolute Gasteiger partial charge is 0.330 e. The number of hydrogen-bond donors (Lipinski definition) is 1. The maximum Gasteiger partial charge on any atom is 0.330 e. The standard InChI is InChI=1S/C12H25N3O4S/c1-12(2,3)11(16)19-15-9-7-14(8-10-15)6-5-13-20(4,17)18/h13H,5-10H2,1-4H3. The molecule has 1 rings (SSSR count). The highest BCUT2D eigenvalue weighted by Crippen LogP contribution is 2.16. The number of hydroxylamine groups is 2. The van der Waals surface area contributed by atoms with Crippen molar-refractivity contribution in [3.63, 3.8) is 0 Å². The van der Waals surface area contributed by atoms with Gasteiger partial charge in [0.25, 0.3) is 0 Å². The number of carbonyl (C=O) groups is 1. The summed E-state index contributed by atoms with van der Waals surface area (Å²) in [5.41, 5.74) is -0.503. The van der Waals surface area contributed by atoms with Gasteiger partial charge in [-0.3, -0.25) is 4.90 Å². The van der Waals surface area contributed by atoms with Crippen LogP contribution >= 0.6 is 0 Å². The van der Waals surface area contributed by atoms with E-state index in [1.54, 1.807) is 5.06 Å². The molecule has 0 radical (unpaired) electrons. The van der Waals surface area contributed by atoms with Gasteiger partial charge in [0.05, 0.1) is 11.7 Å². The van der Waals surface area contributed by atoms with Gasteiger partial charge in [-0.2, -0.15) is 0 Å². The third kappa shape index (κ3) is 6.65. The molecule has 0 saturated carbocycles. The molecule has 1 saturated heterocycles. The van der Waals surface area contributed by atoms with E-state index in [-0.39, 0.29) is 5.97 Å². The van der Waals surface area contributed by atoms with Gasteiger partial charge in [0, 0.05) is 39.3 Å². The van der Waals surface area contributed by atoms with Crippen molar-refractivity contribution >= 4 is 16.0 Å². The van der Waals surface area contributed by atoms with Crippen LogP contribution in [0, 0.1) is 5.41 Å². The van der Waals surface area contributed by atoms with Crippen molar-refractivity contribution in [1.82, 2.24) is 14.7 Å². The normalized spacial score (nSPS) is 19.0. The fraction of sp³-hybridized carbons (Fsp3) is 0.917. The molecular weight excluding hydrogens is 282 g/mol. The van der Waals surface area contributed by atoms with Gasteiger partial charge in [0.2, 0.25) is 10.0 Å². The summed E-state index contributed by atoms with van der Waals surface area (Å²) in [6.07, 6.45) is 1.15. The third-order valence-electron chi connectivity index (χ3n) is 2.95. The Morgan fingerprint density at radius 1 is 1.20 bits per heavy atom. The molecule has 118 valence electrons. The molecule has 1 fully saturated rings. The Morgan fingerprint density at radius 2 is 1.75 bits per heavy atom. The molecule has 0 spiro atoms. The summed E-state index contributed by atoms with van der Waals surface area (Å²) in [5, 5.41) is 1.67. The molecule has 20 heavy (non-hydrogen) atoms. The maximum absolute atomic E-state index is 11.7. The predicted molar refractivity (Wildman–Crippen MR) is 76.4 cm³/mol. The minimum Gasteiger partial charge on any atom is -0.367 e. The van der Waals surface area contributed by atoms with E-state index in [1.807, 2.05) is 20.8 Å². The Bertz CT molecular complexity index is 422. The SMILES string of the molecule is CC(C)(C)C(=O)ON1CCN(CCNS(C)(=O)=O)CC1. The molecule has 1 heterocycles. The maximum atomic E-state index is 11.7. The number of carbonyl (C=O) groups excluding carboxylic acids is 1. The van der Waals surface area contributed by atoms with Crippen molar-refractivity contribution in [3.05, 3.63) is 0 Å². The van der Waals surface area contributed by atoms with Crippen LogP contribution in [0.2, 0.25) is 0 Å². The largest absolute Gasteiger partial charge is 0.367 e. The van der Waals surface area contributed by atoms with Crippen LogP contribution in [0.3, 0.4) is 0 Å². The first-order valence-electron chi connectivity index (χ1n) is 6.72. The summed E-state index contributed by atoms with van der Waals surface area (Å²) < 4.78 is 24.4. The first kappa shape index (κ1) is 17.4. The second-order valence-electron chi connectivity index (χ2n) is 6.07. The Labute approximate surface area is 121 Å². The molecule has 1 aliphatic rings. The van der Waals surface area contributed by atoms with Gasteiger partial charge in [-0.15, -0.1) is 5.06 Å². The van der Waals surface area contributed by atoms with Gasteiger partial charge < -0.3 is 4.84 Å². The van der Waals surface area contributed by atoms with E-state index in [0.717, 1.165) is 19.3 Å². The highest BCUT2D eigenvalue weighted by Gasteiger charge is 2.27. The monoisotopic (exact) mass is 307 g/mol. The molecule has 1 aliphatic heterocycles. The van der Waals surface area contributed by atoms with Gasteiger partial charge in [-0.1, -0.05) is 0 Å². The van der Waals surface area contributed by atoms with Gasteiger partial charge in [0.1, 0.15) is 0 Å². The van der Waals surface area contributed by atoms with Crippen LogP contribution in [0.15, 0.2) is 0 Å². The summed E-state index contributed by atoms with van der Waals surface area (Å²) in [7, 11) is -3.12. The first-order valence-corrected chi connectivity index (χ1v) is 8.61.